The third-order valence-electron chi connectivity index (χ3n) is 9.05. The van der Waals surface area contributed by atoms with Crippen LogP contribution in [0.4, 0.5) is 4.79 Å². The van der Waals surface area contributed by atoms with Gasteiger partial charge in [-0.05, 0) is 44.9 Å². The fourth-order valence-corrected chi connectivity index (χ4v) is 6.92. The lowest BCUT2D eigenvalue weighted by Crippen LogP contribution is -2.70. The molecule has 0 N–H and O–H groups in total. The number of carbonyl (C=O) groups is 3. The van der Waals surface area contributed by atoms with Crippen LogP contribution < -0.4 is 0 Å². The molecule has 37 heavy (non-hydrogen) atoms. The summed E-state index contributed by atoms with van der Waals surface area (Å²) in [6.07, 6.45) is 1.79. The highest BCUT2D eigenvalue weighted by Gasteiger charge is 2.69. The molecule has 11 nitrogen and oxygen atoms in total. The Kier molecular flexibility index (Phi) is 7.43. The average Bonchev–Trinajstić information content (AvgIpc) is 3.11. The van der Waals surface area contributed by atoms with E-state index in [9.17, 15) is 14.4 Å². The maximum atomic E-state index is 12.8. The summed E-state index contributed by atoms with van der Waals surface area (Å²) < 4.78 is 23.4. The number of hydrogen-bond acceptors (Lipinski definition) is 9. The molecule has 2 unspecified atom stereocenters. The molecule has 208 valence electrons. The van der Waals surface area contributed by atoms with Gasteiger partial charge in [-0.1, -0.05) is 13.8 Å². The van der Waals surface area contributed by atoms with Crippen LogP contribution in [0.1, 0.15) is 66.2 Å². The number of rotatable bonds is 5. The Hall–Kier alpha value is -1.95. The number of esters is 1. The number of piperazine rings is 1. The molecule has 8 atom stereocenters. The molecular formula is C26H40N2O9. The molecule has 1 aliphatic carbocycles. The quantitative estimate of drug-likeness (QED) is 0.396. The smallest absolute Gasteiger partial charge is 0.409 e. The van der Waals surface area contributed by atoms with Crippen LogP contribution in [0, 0.1) is 23.7 Å². The number of amides is 2. The van der Waals surface area contributed by atoms with Gasteiger partial charge in [0.25, 0.3) is 0 Å². The Labute approximate surface area is 217 Å². The number of hydrogen-bond donors (Lipinski definition) is 0. The maximum absolute atomic E-state index is 12.8. The van der Waals surface area contributed by atoms with Gasteiger partial charge in [-0.15, -0.1) is 0 Å². The van der Waals surface area contributed by atoms with Gasteiger partial charge in [-0.25, -0.2) is 14.6 Å². The number of fused-ring (bicyclic) bond motifs is 2. The average molecular weight is 525 g/mol. The van der Waals surface area contributed by atoms with Crippen molar-refractivity contribution in [2.75, 3.05) is 32.8 Å². The van der Waals surface area contributed by atoms with Gasteiger partial charge >= 0.3 is 12.1 Å². The van der Waals surface area contributed by atoms with Crippen molar-refractivity contribution in [2.45, 2.75) is 90.2 Å². The van der Waals surface area contributed by atoms with Crippen molar-refractivity contribution >= 4 is 18.0 Å². The second kappa shape index (κ2) is 10.3. The van der Waals surface area contributed by atoms with Crippen LogP contribution in [0.25, 0.3) is 0 Å². The molecule has 6 fully saturated rings. The lowest BCUT2D eigenvalue weighted by atomic mass is 9.58. The Balaban J connectivity index is 1.16. The van der Waals surface area contributed by atoms with Crippen LogP contribution in [0.15, 0.2) is 0 Å². The van der Waals surface area contributed by atoms with Crippen molar-refractivity contribution in [2.24, 2.45) is 23.7 Å². The second-order valence-corrected chi connectivity index (χ2v) is 11.3. The predicted molar refractivity (Wildman–Crippen MR) is 127 cm³/mol. The highest BCUT2D eigenvalue weighted by atomic mass is 17.3. The van der Waals surface area contributed by atoms with E-state index in [1.165, 1.54) is 0 Å². The summed E-state index contributed by atoms with van der Waals surface area (Å²) in [6, 6.07) is 0. The molecule has 2 amide bonds. The predicted octanol–water partition coefficient (Wildman–Crippen LogP) is 2.82. The summed E-state index contributed by atoms with van der Waals surface area (Å²) in [5.74, 6) is -0.871. The van der Waals surface area contributed by atoms with E-state index in [1.807, 2.05) is 13.8 Å². The lowest BCUT2D eigenvalue weighted by Gasteiger charge is -2.59. The minimum atomic E-state index is -0.892. The first-order valence-corrected chi connectivity index (χ1v) is 13.8. The molecule has 5 saturated heterocycles. The van der Waals surface area contributed by atoms with Crippen molar-refractivity contribution in [3.8, 4) is 0 Å². The molecule has 1 saturated carbocycles. The van der Waals surface area contributed by atoms with Gasteiger partial charge < -0.3 is 28.7 Å². The molecular weight excluding hydrogens is 484 g/mol. The number of ether oxygens (including phenoxy) is 4. The molecule has 5 heterocycles. The fraction of sp³-hybridized carbons (Fsp3) is 0.885. The summed E-state index contributed by atoms with van der Waals surface area (Å²) in [5.41, 5.74) is -0.711. The Bertz CT molecular complexity index is 893. The molecule has 0 aromatic heterocycles. The van der Waals surface area contributed by atoms with Gasteiger partial charge in [0.1, 0.15) is 0 Å². The van der Waals surface area contributed by atoms with E-state index < -0.39 is 29.9 Å². The van der Waals surface area contributed by atoms with Crippen molar-refractivity contribution in [1.29, 1.82) is 0 Å². The van der Waals surface area contributed by atoms with E-state index in [1.54, 1.807) is 16.7 Å². The highest BCUT2D eigenvalue weighted by molar-refractivity contribution is 5.81. The van der Waals surface area contributed by atoms with Crippen LogP contribution >= 0.6 is 0 Å². The summed E-state index contributed by atoms with van der Waals surface area (Å²) in [7, 11) is 0. The molecule has 5 aliphatic heterocycles. The molecule has 0 aromatic rings. The van der Waals surface area contributed by atoms with Crippen molar-refractivity contribution < 1.29 is 43.1 Å². The van der Waals surface area contributed by atoms with Crippen LogP contribution in [-0.4, -0.2) is 84.5 Å². The highest BCUT2D eigenvalue weighted by Crippen LogP contribution is 2.60. The Morgan fingerprint density at radius 3 is 2.41 bits per heavy atom. The zero-order valence-electron chi connectivity index (χ0n) is 22.3. The molecule has 2 bridgehead atoms. The van der Waals surface area contributed by atoms with Gasteiger partial charge in [-0.3, -0.25) is 9.59 Å². The summed E-state index contributed by atoms with van der Waals surface area (Å²) >= 11 is 0. The van der Waals surface area contributed by atoms with Crippen LogP contribution in [-0.2, 0) is 38.3 Å². The summed E-state index contributed by atoms with van der Waals surface area (Å²) in [5, 5.41) is 0. The summed E-state index contributed by atoms with van der Waals surface area (Å²) in [6.45, 7) is 9.87. The standard InChI is InChI=1S/C26H40N2O9/c1-5-32-24(31)28-14-12-27(13-15-28)20(29)8-9-21(30)33-22-17(3)19-7-6-16(2)18-10-11-25(4)35-23(34-22)26(18,19)37-36-25/h16-19,22-23H,5-15H2,1-4H3/t16-,17-,18?,19?,22-,23-,25+,26-/m1/s1. The van der Waals surface area contributed by atoms with E-state index >= 15 is 0 Å². The maximum Gasteiger partial charge on any atom is 0.409 e. The van der Waals surface area contributed by atoms with Gasteiger partial charge in [-0.2, -0.15) is 0 Å². The second-order valence-electron chi connectivity index (χ2n) is 11.3. The monoisotopic (exact) mass is 524 g/mol. The van der Waals surface area contributed by atoms with Crippen LogP contribution in [0.2, 0.25) is 0 Å². The summed E-state index contributed by atoms with van der Waals surface area (Å²) in [4.78, 5) is 52.5. The number of carbonyl (C=O) groups excluding carboxylic acids is 3. The molecule has 0 radical (unpaired) electrons. The Morgan fingerprint density at radius 1 is 0.946 bits per heavy atom. The molecule has 1 spiro atoms. The van der Waals surface area contributed by atoms with E-state index in [-0.39, 0.29) is 42.6 Å². The van der Waals surface area contributed by atoms with E-state index in [2.05, 4.69) is 6.92 Å². The van der Waals surface area contributed by atoms with Crippen LogP contribution in [0.5, 0.6) is 0 Å². The first kappa shape index (κ1) is 26.6. The molecule has 6 rings (SSSR count). The third-order valence-corrected chi connectivity index (χ3v) is 9.05. The Morgan fingerprint density at radius 2 is 1.68 bits per heavy atom. The number of nitrogens with zero attached hydrogens (tertiary/aromatic N) is 2. The van der Waals surface area contributed by atoms with Gasteiger partial charge in [0.05, 0.1) is 13.0 Å². The van der Waals surface area contributed by atoms with Crippen molar-refractivity contribution in [1.82, 2.24) is 9.80 Å². The van der Waals surface area contributed by atoms with Crippen LogP contribution in [0.3, 0.4) is 0 Å². The normalized spacial score (nSPS) is 41.0. The van der Waals surface area contributed by atoms with Crippen molar-refractivity contribution in [3.05, 3.63) is 0 Å². The SMILES string of the molecule is CCOC(=O)N1CCN(C(=O)CCC(=O)O[C@@H]2O[C@@H]3O[C@]4(C)CCC5[C@H](C)CCC([C@H]2C)[C@]53OO4)CC1. The zero-order valence-corrected chi connectivity index (χ0v) is 22.3. The fourth-order valence-electron chi connectivity index (χ4n) is 6.92. The minimum absolute atomic E-state index is 0.0399. The van der Waals surface area contributed by atoms with Gasteiger partial charge in [0.2, 0.25) is 18.0 Å². The largest absolute Gasteiger partial charge is 0.450 e. The first-order chi connectivity index (χ1) is 17.7. The molecule has 11 heteroatoms. The zero-order chi connectivity index (χ0) is 26.4. The third kappa shape index (κ3) is 4.84. The lowest BCUT2D eigenvalue weighted by molar-refractivity contribution is -0.576. The van der Waals surface area contributed by atoms with Crippen molar-refractivity contribution in [3.63, 3.8) is 0 Å². The van der Waals surface area contributed by atoms with E-state index in [0.29, 0.717) is 45.1 Å². The van der Waals surface area contributed by atoms with E-state index in [0.717, 1.165) is 19.3 Å². The molecule has 0 aromatic carbocycles. The first-order valence-electron chi connectivity index (χ1n) is 13.8. The van der Waals surface area contributed by atoms with E-state index in [4.69, 9.17) is 28.7 Å². The van der Waals surface area contributed by atoms with Gasteiger partial charge in [0.15, 0.2) is 11.9 Å². The molecule has 6 aliphatic rings. The topological polar surface area (TPSA) is 113 Å². The van der Waals surface area contributed by atoms with Gasteiger partial charge in [0, 0.05) is 50.9 Å². The minimum Gasteiger partial charge on any atom is -0.450 e.